The largest absolute Gasteiger partial charge is 0.469 e. The van der Waals surface area contributed by atoms with Crippen LogP contribution in [0.1, 0.15) is 15.4 Å². The number of carbonyl (C=O) groups is 1. The maximum absolute atomic E-state index is 12.0. The van der Waals surface area contributed by atoms with Crippen molar-refractivity contribution in [3.8, 4) is 11.5 Å². The minimum absolute atomic E-state index is 0.0370. The summed E-state index contributed by atoms with van der Waals surface area (Å²) < 4.78 is 11.7. The lowest BCUT2D eigenvalue weighted by atomic mass is 10.3. The van der Waals surface area contributed by atoms with E-state index in [4.69, 9.17) is 8.83 Å². The van der Waals surface area contributed by atoms with Gasteiger partial charge in [-0.1, -0.05) is 11.8 Å². The second kappa shape index (κ2) is 6.17. The average molecular weight is 385 g/mol. The van der Waals surface area contributed by atoms with E-state index in [1.807, 2.05) is 13.0 Å². The van der Waals surface area contributed by atoms with E-state index >= 15 is 0 Å². The Balaban J connectivity index is 1.65. The molecule has 3 rings (SSSR count). The first kappa shape index (κ1) is 14.6. The number of furan rings is 1. The smallest absolute Gasteiger partial charge is 0.277 e. The lowest BCUT2D eigenvalue weighted by Gasteiger charge is -1.94. The van der Waals surface area contributed by atoms with E-state index in [1.54, 1.807) is 18.4 Å². The fourth-order valence-corrected chi connectivity index (χ4v) is 3.71. The van der Waals surface area contributed by atoms with Crippen molar-refractivity contribution in [3.63, 3.8) is 0 Å². The Labute approximate surface area is 136 Å². The highest BCUT2D eigenvalue weighted by atomic mass is 79.9. The number of carbonyl (C=O) groups excluding carboxylic acids is 1. The molecule has 3 heterocycles. The van der Waals surface area contributed by atoms with Crippen LogP contribution in [0.2, 0.25) is 0 Å². The molecule has 0 atom stereocenters. The molecular weight excluding hydrogens is 376 g/mol. The van der Waals surface area contributed by atoms with Crippen LogP contribution in [0.3, 0.4) is 0 Å². The molecule has 0 saturated heterocycles. The van der Waals surface area contributed by atoms with Crippen LogP contribution in [-0.4, -0.2) is 21.7 Å². The molecule has 3 aromatic heterocycles. The van der Waals surface area contributed by atoms with Gasteiger partial charge >= 0.3 is 0 Å². The summed E-state index contributed by atoms with van der Waals surface area (Å²) in [7, 11) is 0. The molecular formula is C13H9BrN2O3S2. The van der Waals surface area contributed by atoms with Gasteiger partial charge in [-0.2, -0.15) is 0 Å². The van der Waals surface area contributed by atoms with Gasteiger partial charge in [-0.05, 0) is 41.1 Å². The van der Waals surface area contributed by atoms with Crippen molar-refractivity contribution in [2.24, 2.45) is 0 Å². The minimum Gasteiger partial charge on any atom is -0.469 e. The first-order valence-corrected chi connectivity index (χ1v) is 8.52. The van der Waals surface area contributed by atoms with Crippen LogP contribution in [0.5, 0.6) is 0 Å². The van der Waals surface area contributed by atoms with E-state index in [0.717, 1.165) is 15.1 Å². The molecule has 0 bridgehead atoms. The summed E-state index contributed by atoms with van der Waals surface area (Å²) in [6, 6.07) is 5.42. The van der Waals surface area contributed by atoms with Gasteiger partial charge in [0, 0.05) is 0 Å². The number of Topliss-reactive ketones (excluding diaryl/α,β-unsaturated/α-hetero) is 1. The van der Waals surface area contributed by atoms with Crippen LogP contribution in [0, 0.1) is 6.92 Å². The normalized spacial score (nSPS) is 11.0. The van der Waals surface area contributed by atoms with Gasteiger partial charge in [0.25, 0.3) is 11.1 Å². The highest BCUT2D eigenvalue weighted by Gasteiger charge is 2.15. The van der Waals surface area contributed by atoms with Gasteiger partial charge in [-0.15, -0.1) is 21.5 Å². The molecule has 5 nitrogen and oxygen atoms in total. The molecule has 0 amide bonds. The Morgan fingerprint density at radius 3 is 2.90 bits per heavy atom. The molecule has 108 valence electrons. The molecule has 0 aliphatic rings. The van der Waals surface area contributed by atoms with Crippen LogP contribution in [-0.2, 0) is 0 Å². The predicted octanol–water partition coefficient (Wildman–Crippen LogP) is 4.44. The molecule has 0 N–H and O–H groups in total. The highest BCUT2D eigenvalue weighted by Crippen LogP contribution is 2.28. The molecule has 21 heavy (non-hydrogen) atoms. The van der Waals surface area contributed by atoms with Crippen molar-refractivity contribution in [2.75, 3.05) is 5.75 Å². The SMILES string of the molecule is Cc1occc1-c1nnc(SCC(=O)c2ccc(Br)s2)o1. The van der Waals surface area contributed by atoms with Crippen LogP contribution >= 0.6 is 39.0 Å². The number of thiophene rings is 1. The number of hydrogen-bond acceptors (Lipinski definition) is 7. The number of hydrogen-bond donors (Lipinski definition) is 0. The molecule has 8 heteroatoms. The van der Waals surface area contributed by atoms with Crippen LogP contribution in [0.15, 0.2) is 42.3 Å². The average Bonchev–Trinajstić information content (AvgIpc) is 3.16. The topological polar surface area (TPSA) is 69.1 Å². The van der Waals surface area contributed by atoms with Gasteiger partial charge in [-0.25, -0.2) is 0 Å². The van der Waals surface area contributed by atoms with E-state index in [9.17, 15) is 4.79 Å². The summed E-state index contributed by atoms with van der Waals surface area (Å²) in [4.78, 5) is 12.7. The number of nitrogens with zero attached hydrogens (tertiary/aromatic N) is 2. The molecule has 0 spiro atoms. The first-order chi connectivity index (χ1) is 10.1. The molecule has 0 aromatic carbocycles. The van der Waals surface area contributed by atoms with Gasteiger partial charge in [0.2, 0.25) is 0 Å². The number of rotatable bonds is 5. The van der Waals surface area contributed by atoms with Crippen molar-refractivity contribution in [1.82, 2.24) is 10.2 Å². The number of thioether (sulfide) groups is 1. The quantitative estimate of drug-likeness (QED) is 0.478. The van der Waals surface area contributed by atoms with E-state index in [1.165, 1.54) is 23.1 Å². The van der Waals surface area contributed by atoms with Crippen molar-refractivity contribution in [2.45, 2.75) is 12.1 Å². The second-order valence-corrected chi connectivity index (χ2v) is 7.47. The fourth-order valence-electron chi connectivity index (χ4n) is 1.65. The van der Waals surface area contributed by atoms with Crippen molar-refractivity contribution in [3.05, 3.63) is 38.9 Å². The monoisotopic (exact) mass is 384 g/mol. The maximum atomic E-state index is 12.0. The lowest BCUT2D eigenvalue weighted by molar-refractivity contribution is 0.102. The lowest BCUT2D eigenvalue weighted by Crippen LogP contribution is -1.98. The zero-order valence-electron chi connectivity index (χ0n) is 10.8. The van der Waals surface area contributed by atoms with E-state index in [-0.39, 0.29) is 11.5 Å². The van der Waals surface area contributed by atoms with Crippen LogP contribution < -0.4 is 0 Å². The second-order valence-electron chi connectivity index (χ2n) is 4.08. The van der Waals surface area contributed by atoms with Crippen molar-refractivity contribution < 1.29 is 13.6 Å². The molecule has 0 saturated carbocycles. The first-order valence-electron chi connectivity index (χ1n) is 5.93. The summed E-state index contributed by atoms with van der Waals surface area (Å²) in [5, 5.41) is 8.26. The molecule has 0 radical (unpaired) electrons. The van der Waals surface area contributed by atoms with E-state index in [0.29, 0.717) is 16.0 Å². The third-order valence-corrected chi connectivity index (χ3v) is 5.15. The Morgan fingerprint density at radius 2 is 2.24 bits per heavy atom. The minimum atomic E-state index is 0.0370. The van der Waals surface area contributed by atoms with Crippen LogP contribution in [0.4, 0.5) is 0 Å². The molecule has 3 aromatic rings. The van der Waals surface area contributed by atoms with Gasteiger partial charge in [0.1, 0.15) is 5.76 Å². The third kappa shape index (κ3) is 3.28. The summed E-state index contributed by atoms with van der Waals surface area (Å²) in [6.07, 6.45) is 1.57. The van der Waals surface area contributed by atoms with Gasteiger partial charge < -0.3 is 8.83 Å². The fraction of sp³-hybridized carbons (Fsp3) is 0.154. The molecule has 0 fully saturated rings. The standard InChI is InChI=1S/C13H9BrN2O3S2/c1-7-8(4-5-18-7)12-15-16-13(19-12)20-6-9(17)10-2-3-11(14)21-10/h2-5H,6H2,1H3. The molecule has 0 aliphatic heterocycles. The molecule has 0 aliphatic carbocycles. The highest BCUT2D eigenvalue weighted by molar-refractivity contribution is 9.11. The number of ketones is 1. The zero-order chi connectivity index (χ0) is 14.8. The summed E-state index contributed by atoms with van der Waals surface area (Å²) >= 11 is 5.98. The Bertz CT molecular complexity index is 778. The van der Waals surface area contributed by atoms with Crippen LogP contribution in [0.25, 0.3) is 11.5 Å². The summed E-state index contributed by atoms with van der Waals surface area (Å²) in [5.41, 5.74) is 0.767. The van der Waals surface area contributed by atoms with E-state index in [2.05, 4.69) is 26.1 Å². The summed E-state index contributed by atoms with van der Waals surface area (Å²) in [6.45, 7) is 1.82. The summed E-state index contributed by atoms with van der Waals surface area (Å²) in [5.74, 6) is 1.42. The van der Waals surface area contributed by atoms with E-state index < -0.39 is 0 Å². The van der Waals surface area contributed by atoms with Crippen molar-refractivity contribution in [1.29, 1.82) is 0 Å². The molecule has 0 unspecified atom stereocenters. The van der Waals surface area contributed by atoms with Gasteiger partial charge in [0.15, 0.2) is 5.78 Å². The Hall–Kier alpha value is -1.38. The Kier molecular flexibility index (Phi) is 4.27. The number of halogens is 1. The zero-order valence-corrected chi connectivity index (χ0v) is 14.0. The Morgan fingerprint density at radius 1 is 1.38 bits per heavy atom. The third-order valence-electron chi connectivity index (χ3n) is 2.67. The van der Waals surface area contributed by atoms with Gasteiger partial charge in [0.05, 0.1) is 26.2 Å². The maximum Gasteiger partial charge on any atom is 0.277 e. The van der Waals surface area contributed by atoms with Gasteiger partial charge in [-0.3, -0.25) is 4.79 Å². The number of aryl methyl sites for hydroxylation is 1. The number of aromatic nitrogens is 2. The predicted molar refractivity (Wildman–Crippen MR) is 83.8 cm³/mol. The van der Waals surface area contributed by atoms with Crippen molar-refractivity contribution >= 4 is 44.8 Å².